The highest BCUT2D eigenvalue weighted by atomic mass is 35.5. The Hall–Kier alpha value is -2.31. The highest BCUT2D eigenvalue weighted by molar-refractivity contribution is 8.18. The van der Waals surface area contributed by atoms with Crippen LogP contribution in [0, 0.1) is 0 Å². The molecule has 1 aliphatic rings. The van der Waals surface area contributed by atoms with Crippen molar-refractivity contribution in [2.24, 2.45) is 0 Å². The Kier molecular flexibility index (Phi) is 7.24. The fraction of sp³-hybridized carbons (Fsp3) is 0.211. The van der Waals surface area contributed by atoms with Crippen LogP contribution in [0.1, 0.15) is 23.7 Å². The van der Waals surface area contributed by atoms with Gasteiger partial charge in [-0.25, -0.2) is 0 Å². The fourth-order valence-electron chi connectivity index (χ4n) is 2.32. The second kappa shape index (κ2) is 9.40. The normalized spacial score (nSPS) is 14.9. The molecule has 0 saturated carbocycles. The Morgan fingerprint density at radius 2 is 1.92 bits per heavy atom. The number of carbonyl (C=O) groups is 2. The molecule has 2 amide bonds. The van der Waals surface area contributed by atoms with Gasteiger partial charge in [-0.1, -0.05) is 25.1 Å². The smallest absolute Gasteiger partial charge is 0.290 e. The zero-order valence-corrected chi connectivity index (χ0v) is 15.9. The molecule has 2 aromatic rings. The van der Waals surface area contributed by atoms with E-state index < -0.39 is 0 Å². The van der Waals surface area contributed by atoms with Crippen molar-refractivity contribution < 1.29 is 14.3 Å². The number of ether oxygens (including phenoxy) is 1. The number of halogens is 1. The van der Waals surface area contributed by atoms with Gasteiger partial charge >= 0.3 is 0 Å². The summed E-state index contributed by atoms with van der Waals surface area (Å²) in [5.74, 6) is 0.406. The van der Waals surface area contributed by atoms with Crippen LogP contribution >= 0.6 is 24.2 Å². The lowest BCUT2D eigenvalue weighted by Gasteiger charge is -2.07. The third-order valence-electron chi connectivity index (χ3n) is 3.74. The lowest BCUT2D eigenvalue weighted by molar-refractivity contribution is -0.115. The van der Waals surface area contributed by atoms with Crippen LogP contribution in [0.2, 0.25) is 0 Å². The van der Waals surface area contributed by atoms with Crippen LogP contribution in [0.15, 0.2) is 47.5 Å². The first-order valence-electron chi connectivity index (χ1n) is 8.05. The number of thioether (sulfide) groups is 1. The molecule has 0 bridgehead atoms. The lowest BCUT2D eigenvalue weighted by Crippen LogP contribution is -2.17. The van der Waals surface area contributed by atoms with Gasteiger partial charge in [-0.05, 0) is 53.6 Å². The van der Waals surface area contributed by atoms with E-state index in [0.717, 1.165) is 41.6 Å². The van der Waals surface area contributed by atoms with Gasteiger partial charge in [-0.2, -0.15) is 0 Å². The van der Waals surface area contributed by atoms with Crippen LogP contribution in [-0.2, 0) is 17.6 Å². The maximum atomic E-state index is 11.5. The van der Waals surface area contributed by atoms with Gasteiger partial charge in [0.05, 0.1) is 11.5 Å². The molecule has 2 heterocycles. The minimum absolute atomic E-state index is 0. The van der Waals surface area contributed by atoms with Crippen molar-refractivity contribution in [1.82, 2.24) is 10.3 Å². The van der Waals surface area contributed by atoms with Gasteiger partial charge < -0.3 is 4.74 Å². The van der Waals surface area contributed by atoms with E-state index in [0.29, 0.717) is 11.5 Å². The summed E-state index contributed by atoms with van der Waals surface area (Å²) in [7, 11) is 0. The predicted octanol–water partition coefficient (Wildman–Crippen LogP) is 4.01. The van der Waals surface area contributed by atoms with Gasteiger partial charge in [0.15, 0.2) is 0 Å². The lowest BCUT2D eigenvalue weighted by atomic mass is 10.2. The highest BCUT2D eigenvalue weighted by Crippen LogP contribution is 2.26. The number of hydrogen-bond acceptors (Lipinski definition) is 5. The van der Waals surface area contributed by atoms with Crippen molar-refractivity contribution in [3.05, 3.63) is 64.3 Å². The molecule has 1 aromatic heterocycles. The topological polar surface area (TPSA) is 68.3 Å². The Labute approximate surface area is 162 Å². The first kappa shape index (κ1) is 20.0. The van der Waals surface area contributed by atoms with Crippen LogP contribution in [0.5, 0.6) is 5.75 Å². The van der Waals surface area contributed by atoms with E-state index in [4.69, 9.17) is 4.74 Å². The van der Waals surface area contributed by atoms with Gasteiger partial charge in [-0.15, -0.1) is 12.4 Å². The number of carbonyl (C=O) groups excluding carboxylic acids is 2. The van der Waals surface area contributed by atoms with Crippen LogP contribution in [0.3, 0.4) is 0 Å². The van der Waals surface area contributed by atoms with E-state index >= 15 is 0 Å². The monoisotopic (exact) mass is 390 g/mol. The molecule has 7 heteroatoms. The zero-order valence-electron chi connectivity index (χ0n) is 14.2. The minimum Gasteiger partial charge on any atom is -0.493 e. The SMILES string of the molecule is CCc1ccc(CCOc2ccc(C=C3SC(=O)NC3=O)cc2)nc1.Cl. The second-order valence-electron chi connectivity index (χ2n) is 5.53. The largest absolute Gasteiger partial charge is 0.493 e. The molecular formula is C19H19ClN2O3S. The minimum atomic E-state index is -0.350. The molecule has 0 aliphatic carbocycles. The van der Waals surface area contributed by atoms with E-state index in [2.05, 4.69) is 23.3 Å². The Bertz CT molecular complexity index is 805. The van der Waals surface area contributed by atoms with Gasteiger partial charge in [0.2, 0.25) is 0 Å². The van der Waals surface area contributed by atoms with Crippen molar-refractivity contribution in [2.75, 3.05) is 6.61 Å². The molecule has 0 spiro atoms. The second-order valence-corrected chi connectivity index (χ2v) is 6.55. The Morgan fingerprint density at radius 1 is 1.15 bits per heavy atom. The molecule has 5 nitrogen and oxygen atoms in total. The van der Waals surface area contributed by atoms with Crippen molar-refractivity contribution in [1.29, 1.82) is 0 Å². The summed E-state index contributed by atoms with van der Waals surface area (Å²) in [6, 6.07) is 11.5. The number of nitrogens with zero attached hydrogens (tertiary/aromatic N) is 1. The number of aromatic nitrogens is 1. The average Bonchev–Trinajstić information content (AvgIpc) is 2.94. The summed E-state index contributed by atoms with van der Waals surface area (Å²) >= 11 is 0.910. The Balaban J connectivity index is 0.00000243. The predicted molar refractivity (Wildman–Crippen MR) is 106 cm³/mol. The molecule has 136 valence electrons. The summed E-state index contributed by atoms with van der Waals surface area (Å²) in [6.07, 6.45) is 5.32. The van der Waals surface area contributed by atoms with Crippen LogP contribution in [0.4, 0.5) is 4.79 Å². The first-order chi connectivity index (χ1) is 12.1. The third-order valence-corrected chi connectivity index (χ3v) is 4.55. The fourth-order valence-corrected chi connectivity index (χ4v) is 3.00. The van der Waals surface area contributed by atoms with E-state index in [1.807, 2.05) is 36.5 Å². The maximum Gasteiger partial charge on any atom is 0.290 e. The number of benzene rings is 1. The van der Waals surface area contributed by atoms with E-state index in [-0.39, 0.29) is 23.6 Å². The number of imide groups is 1. The number of amides is 2. The molecular weight excluding hydrogens is 372 g/mol. The molecule has 1 N–H and O–H groups in total. The van der Waals surface area contributed by atoms with Gasteiger partial charge in [0.1, 0.15) is 5.75 Å². The number of pyridine rings is 1. The first-order valence-corrected chi connectivity index (χ1v) is 8.87. The van der Waals surface area contributed by atoms with Crippen LogP contribution in [0.25, 0.3) is 6.08 Å². The van der Waals surface area contributed by atoms with E-state index in [9.17, 15) is 9.59 Å². The summed E-state index contributed by atoms with van der Waals surface area (Å²) in [5.41, 5.74) is 3.08. The summed E-state index contributed by atoms with van der Waals surface area (Å²) in [4.78, 5) is 27.5. The number of rotatable bonds is 6. The van der Waals surface area contributed by atoms with Crippen molar-refractivity contribution in [3.8, 4) is 5.75 Å². The Morgan fingerprint density at radius 3 is 2.50 bits per heavy atom. The molecule has 0 unspecified atom stereocenters. The molecule has 1 fully saturated rings. The van der Waals surface area contributed by atoms with E-state index in [1.165, 1.54) is 5.56 Å². The number of aryl methyl sites for hydroxylation is 1. The standard InChI is InChI=1S/C19H18N2O3S.ClH/c1-2-13-3-6-15(20-12-13)9-10-24-16-7-4-14(5-8-16)11-17-18(22)21-19(23)25-17;/h3-8,11-12H,2,9-10H2,1H3,(H,21,22,23);1H. The quantitative estimate of drug-likeness (QED) is 0.754. The zero-order chi connectivity index (χ0) is 17.6. The molecule has 1 saturated heterocycles. The van der Waals surface area contributed by atoms with Crippen LogP contribution in [-0.4, -0.2) is 22.7 Å². The number of nitrogens with one attached hydrogen (secondary N) is 1. The molecule has 26 heavy (non-hydrogen) atoms. The summed E-state index contributed by atoms with van der Waals surface area (Å²) in [5, 5.41) is 1.90. The molecule has 1 aromatic carbocycles. The summed E-state index contributed by atoms with van der Waals surface area (Å²) in [6.45, 7) is 2.65. The molecule has 0 radical (unpaired) electrons. The van der Waals surface area contributed by atoms with Crippen LogP contribution < -0.4 is 10.1 Å². The molecule has 3 rings (SSSR count). The van der Waals surface area contributed by atoms with E-state index in [1.54, 1.807) is 6.08 Å². The molecule has 0 atom stereocenters. The van der Waals surface area contributed by atoms with Gasteiger partial charge in [-0.3, -0.25) is 19.9 Å². The summed E-state index contributed by atoms with van der Waals surface area (Å²) < 4.78 is 5.73. The van der Waals surface area contributed by atoms with Crippen molar-refractivity contribution >= 4 is 41.4 Å². The van der Waals surface area contributed by atoms with Crippen molar-refractivity contribution in [3.63, 3.8) is 0 Å². The highest BCUT2D eigenvalue weighted by Gasteiger charge is 2.24. The van der Waals surface area contributed by atoms with Crippen molar-refractivity contribution in [2.45, 2.75) is 19.8 Å². The maximum absolute atomic E-state index is 11.5. The van der Waals surface area contributed by atoms with Gasteiger partial charge in [0, 0.05) is 18.3 Å². The molecule has 1 aliphatic heterocycles. The third kappa shape index (κ3) is 5.34. The number of hydrogen-bond donors (Lipinski definition) is 1. The average molecular weight is 391 g/mol. The van der Waals surface area contributed by atoms with Gasteiger partial charge in [0.25, 0.3) is 11.1 Å².